The zero-order chi connectivity index (χ0) is 12.0. The molecule has 1 unspecified atom stereocenters. The number of ether oxygens (including phenoxy) is 1. The third-order valence-electron chi connectivity index (χ3n) is 2.42. The van der Waals surface area contributed by atoms with Gasteiger partial charge in [-0.3, -0.25) is 4.79 Å². The Bertz CT molecular complexity index is 194. The minimum absolute atomic E-state index is 0.209. The van der Waals surface area contributed by atoms with Crippen molar-refractivity contribution in [2.45, 2.75) is 46.3 Å². The van der Waals surface area contributed by atoms with E-state index in [1.807, 2.05) is 20.8 Å². The van der Waals surface area contributed by atoms with Gasteiger partial charge in [0, 0.05) is 12.6 Å². The molecule has 3 atom stereocenters. The molecule has 0 bridgehead atoms. The van der Waals surface area contributed by atoms with E-state index in [9.17, 15) is 4.79 Å². The summed E-state index contributed by atoms with van der Waals surface area (Å²) in [7, 11) is 0. The maximum atomic E-state index is 10.7. The SMILES string of the molecule is CC(C)OC[C@@H](C)C[C@H](N)C(C)C(=O)O. The summed E-state index contributed by atoms with van der Waals surface area (Å²) in [5, 5.41) is 8.77. The van der Waals surface area contributed by atoms with Gasteiger partial charge in [0.15, 0.2) is 0 Å². The number of nitrogens with two attached hydrogens (primary N) is 1. The maximum absolute atomic E-state index is 10.7. The fourth-order valence-electron chi connectivity index (χ4n) is 1.28. The highest BCUT2D eigenvalue weighted by atomic mass is 16.5. The van der Waals surface area contributed by atoms with Crippen molar-refractivity contribution in [2.24, 2.45) is 17.6 Å². The molecule has 0 aromatic rings. The van der Waals surface area contributed by atoms with Crippen LogP contribution in [0.15, 0.2) is 0 Å². The van der Waals surface area contributed by atoms with Gasteiger partial charge < -0.3 is 15.6 Å². The Balaban J connectivity index is 3.85. The van der Waals surface area contributed by atoms with Crippen LogP contribution in [-0.4, -0.2) is 29.8 Å². The van der Waals surface area contributed by atoms with E-state index in [0.717, 1.165) is 0 Å². The minimum atomic E-state index is -0.834. The maximum Gasteiger partial charge on any atom is 0.307 e. The minimum Gasteiger partial charge on any atom is -0.481 e. The van der Waals surface area contributed by atoms with E-state index in [1.165, 1.54) is 0 Å². The normalized spacial score (nSPS) is 17.5. The summed E-state index contributed by atoms with van der Waals surface area (Å²) in [4.78, 5) is 10.7. The largest absolute Gasteiger partial charge is 0.481 e. The second-order valence-electron chi connectivity index (χ2n) is 4.51. The van der Waals surface area contributed by atoms with Crippen molar-refractivity contribution in [3.63, 3.8) is 0 Å². The number of carbonyl (C=O) groups is 1. The molecule has 0 aliphatic rings. The highest BCUT2D eigenvalue weighted by Gasteiger charge is 2.21. The first-order valence-electron chi connectivity index (χ1n) is 5.44. The Hall–Kier alpha value is -0.610. The smallest absolute Gasteiger partial charge is 0.307 e. The van der Waals surface area contributed by atoms with E-state index < -0.39 is 11.9 Å². The lowest BCUT2D eigenvalue weighted by Crippen LogP contribution is -2.35. The van der Waals surface area contributed by atoms with Crippen LogP contribution in [0.5, 0.6) is 0 Å². The molecule has 0 amide bonds. The summed E-state index contributed by atoms with van der Waals surface area (Å²) >= 11 is 0. The summed E-state index contributed by atoms with van der Waals surface area (Å²) < 4.78 is 5.44. The molecular formula is C11H23NO3. The number of rotatable bonds is 7. The summed E-state index contributed by atoms with van der Waals surface area (Å²) in [6.45, 7) is 8.26. The first kappa shape index (κ1) is 14.4. The molecule has 0 saturated heterocycles. The van der Waals surface area contributed by atoms with Crippen LogP contribution in [0.1, 0.15) is 34.1 Å². The van der Waals surface area contributed by atoms with Crippen LogP contribution in [-0.2, 0) is 9.53 Å². The lowest BCUT2D eigenvalue weighted by atomic mass is 9.93. The lowest BCUT2D eigenvalue weighted by Gasteiger charge is -2.21. The Morgan fingerprint density at radius 1 is 1.33 bits per heavy atom. The molecule has 15 heavy (non-hydrogen) atoms. The molecule has 90 valence electrons. The fraction of sp³-hybridized carbons (Fsp3) is 0.909. The second kappa shape index (κ2) is 6.80. The van der Waals surface area contributed by atoms with Crippen LogP contribution >= 0.6 is 0 Å². The van der Waals surface area contributed by atoms with Crippen LogP contribution in [0.4, 0.5) is 0 Å². The zero-order valence-corrected chi connectivity index (χ0v) is 10.1. The molecule has 0 spiro atoms. The van der Waals surface area contributed by atoms with E-state index in [4.69, 9.17) is 15.6 Å². The third-order valence-corrected chi connectivity index (χ3v) is 2.42. The molecule has 0 saturated carbocycles. The van der Waals surface area contributed by atoms with Crippen molar-refractivity contribution in [2.75, 3.05) is 6.61 Å². The van der Waals surface area contributed by atoms with E-state index in [-0.39, 0.29) is 12.1 Å². The molecule has 0 aliphatic heterocycles. The van der Waals surface area contributed by atoms with Crippen LogP contribution < -0.4 is 5.73 Å². The van der Waals surface area contributed by atoms with Gasteiger partial charge >= 0.3 is 5.97 Å². The van der Waals surface area contributed by atoms with Crippen LogP contribution in [0, 0.1) is 11.8 Å². The summed E-state index contributed by atoms with van der Waals surface area (Å²) in [6.07, 6.45) is 0.890. The highest BCUT2D eigenvalue weighted by Crippen LogP contribution is 2.12. The predicted molar refractivity (Wildman–Crippen MR) is 59.6 cm³/mol. The predicted octanol–water partition coefficient (Wildman–Crippen LogP) is 1.49. The molecule has 4 heteroatoms. The van der Waals surface area contributed by atoms with Gasteiger partial charge in [-0.25, -0.2) is 0 Å². The monoisotopic (exact) mass is 217 g/mol. The van der Waals surface area contributed by atoms with Crippen molar-refractivity contribution in [1.29, 1.82) is 0 Å². The Morgan fingerprint density at radius 3 is 2.27 bits per heavy atom. The van der Waals surface area contributed by atoms with Crippen LogP contribution in [0.3, 0.4) is 0 Å². The highest BCUT2D eigenvalue weighted by molar-refractivity contribution is 5.70. The van der Waals surface area contributed by atoms with Gasteiger partial charge in [-0.15, -0.1) is 0 Å². The molecule has 0 radical (unpaired) electrons. The average Bonchev–Trinajstić information content (AvgIpc) is 2.13. The number of aliphatic carboxylic acids is 1. The molecule has 0 heterocycles. The number of carboxylic acid groups (broad SMARTS) is 1. The first-order chi connectivity index (χ1) is 6.84. The van der Waals surface area contributed by atoms with Crippen LogP contribution in [0.2, 0.25) is 0 Å². The van der Waals surface area contributed by atoms with Gasteiger partial charge in [-0.2, -0.15) is 0 Å². The average molecular weight is 217 g/mol. The quantitative estimate of drug-likeness (QED) is 0.677. The van der Waals surface area contributed by atoms with Crippen molar-refractivity contribution in [3.05, 3.63) is 0 Å². The topological polar surface area (TPSA) is 72.5 Å². The Labute approximate surface area is 91.8 Å². The standard InChI is InChI=1S/C11H23NO3/c1-7(2)15-6-8(3)5-10(12)9(4)11(13)14/h7-10H,5-6,12H2,1-4H3,(H,13,14)/t8-,9?,10-/m0/s1. The second-order valence-corrected chi connectivity index (χ2v) is 4.51. The number of carboxylic acids is 1. The van der Waals surface area contributed by atoms with E-state index in [1.54, 1.807) is 6.92 Å². The van der Waals surface area contributed by atoms with Gasteiger partial charge in [0.1, 0.15) is 0 Å². The van der Waals surface area contributed by atoms with Crippen molar-refractivity contribution < 1.29 is 14.6 Å². The van der Waals surface area contributed by atoms with Gasteiger partial charge in [0.25, 0.3) is 0 Å². The molecule has 0 fully saturated rings. The zero-order valence-electron chi connectivity index (χ0n) is 10.1. The number of hydrogen-bond donors (Lipinski definition) is 2. The van der Waals surface area contributed by atoms with E-state index in [0.29, 0.717) is 18.9 Å². The van der Waals surface area contributed by atoms with E-state index in [2.05, 4.69) is 0 Å². The van der Waals surface area contributed by atoms with Crippen molar-refractivity contribution in [1.82, 2.24) is 0 Å². The van der Waals surface area contributed by atoms with Gasteiger partial charge in [-0.1, -0.05) is 13.8 Å². The van der Waals surface area contributed by atoms with Gasteiger partial charge in [0.05, 0.1) is 12.0 Å². The number of hydrogen-bond acceptors (Lipinski definition) is 3. The van der Waals surface area contributed by atoms with E-state index >= 15 is 0 Å². The fourth-order valence-corrected chi connectivity index (χ4v) is 1.28. The summed E-state index contributed by atoms with van der Waals surface area (Å²) in [5.74, 6) is -1.03. The molecule has 0 aromatic carbocycles. The lowest BCUT2D eigenvalue weighted by molar-refractivity contribution is -0.141. The Morgan fingerprint density at radius 2 is 1.87 bits per heavy atom. The molecule has 0 aromatic heterocycles. The van der Waals surface area contributed by atoms with Crippen molar-refractivity contribution >= 4 is 5.97 Å². The third kappa shape index (κ3) is 6.47. The molecule has 4 nitrogen and oxygen atoms in total. The summed E-state index contributed by atoms with van der Waals surface area (Å²) in [5.41, 5.74) is 5.79. The molecule has 0 aliphatic carbocycles. The molecule has 0 rings (SSSR count). The van der Waals surface area contributed by atoms with Crippen LogP contribution in [0.25, 0.3) is 0 Å². The van der Waals surface area contributed by atoms with Gasteiger partial charge in [0.2, 0.25) is 0 Å². The Kier molecular flexibility index (Phi) is 6.52. The molecule has 3 N–H and O–H groups in total. The first-order valence-corrected chi connectivity index (χ1v) is 5.44. The summed E-state index contributed by atoms with van der Waals surface area (Å²) in [6, 6.07) is -0.298. The molecular weight excluding hydrogens is 194 g/mol. The van der Waals surface area contributed by atoms with Gasteiger partial charge in [-0.05, 0) is 26.2 Å². The van der Waals surface area contributed by atoms with Crippen molar-refractivity contribution in [3.8, 4) is 0 Å².